The third-order valence-corrected chi connectivity index (χ3v) is 10.8. The zero-order chi connectivity index (χ0) is 23.6. The monoisotopic (exact) mass is 442 g/mol. The molecule has 174 valence electrons. The van der Waals surface area contributed by atoms with Gasteiger partial charge in [-0.05, 0) is 57.8 Å². The number of fused-ring (bicyclic) bond motifs is 5. The highest BCUT2D eigenvalue weighted by molar-refractivity contribution is 6.17. The van der Waals surface area contributed by atoms with E-state index in [2.05, 4.69) is 19.9 Å². The van der Waals surface area contributed by atoms with Crippen LogP contribution in [0, 0.1) is 38.9 Å². The fourth-order valence-electron chi connectivity index (χ4n) is 9.13. The minimum atomic E-state index is -1.62. The largest absolute Gasteiger partial charge is 0.511 e. The molecule has 0 amide bonds. The molecule has 0 aromatic heterocycles. The molecule has 7 atom stereocenters. The molecular formula is C26H34O6. The van der Waals surface area contributed by atoms with Crippen LogP contribution in [0.25, 0.3) is 0 Å². The van der Waals surface area contributed by atoms with E-state index in [0.29, 0.717) is 12.8 Å². The lowest BCUT2D eigenvalue weighted by Crippen LogP contribution is -2.74. The number of Topliss-reactive ketones (excluding diaryl/α,β-unsaturated/α-hetero) is 1. The van der Waals surface area contributed by atoms with Gasteiger partial charge >= 0.3 is 11.9 Å². The van der Waals surface area contributed by atoms with Crippen molar-refractivity contribution < 1.29 is 29.0 Å². The lowest BCUT2D eigenvalue weighted by molar-refractivity contribution is -0.262. The van der Waals surface area contributed by atoms with E-state index in [1.165, 1.54) is 7.11 Å². The molecular weight excluding hydrogens is 408 g/mol. The highest BCUT2D eigenvalue weighted by atomic mass is 16.6. The lowest BCUT2D eigenvalue weighted by Gasteiger charge is -2.70. The van der Waals surface area contributed by atoms with Crippen LogP contribution in [0.2, 0.25) is 0 Å². The molecule has 4 aliphatic carbocycles. The molecule has 0 unspecified atom stereocenters. The Morgan fingerprint density at radius 2 is 1.78 bits per heavy atom. The summed E-state index contributed by atoms with van der Waals surface area (Å²) in [5.41, 5.74) is -3.76. The Morgan fingerprint density at radius 1 is 1.12 bits per heavy atom. The third-order valence-electron chi connectivity index (χ3n) is 10.8. The number of aliphatic hydroxyl groups excluding tert-OH is 1. The molecule has 6 aliphatic rings. The summed E-state index contributed by atoms with van der Waals surface area (Å²) in [6.45, 7) is 11.6. The maximum absolute atomic E-state index is 14.0. The van der Waals surface area contributed by atoms with E-state index in [9.17, 15) is 19.5 Å². The molecule has 1 spiro atoms. The molecule has 2 aliphatic heterocycles. The van der Waals surface area contributed by atoms with E-state index in [4.69, 9.17) is 9.47 Å². The highest BCUT2D eigenvalue weighted by Crippen LogP contribution is 2.78. The second-order valence-electron chi connectivity index (χ2n) is 11.8. The number of ketones is 1. The minimum Gasteiger partial charge on any atom is -0.511 e. The molecule has 2 saturated carbocycles. The molecule has 6 nitrogen and oxygen atoms in total. The van der Waals surface area contributed by atoms with Crippen LogP contribution in [0.1, 0.15) is 67.2 Å². The summed E-state index contributed by atoms with van der Waals surface area (Å²) in [5.74, 6) is -1.51. The average Bonchev–Trinajstić information content (AvgIpc) is 2.90. The highest BCUT2D eigenvalue weighted by Gasteiger charge is 2.82. The predicted molar refractivity (Wildman–Crippen MR) is 116 cm³/mol. The summed E-state index contributed by atoms with van der Waals surface area (Å²) in [5, 5.41) is 11.2. The zero-order valence-electron chi connectivity index (χ0n) is 20.1. The van der Waals surface area contributed by atoms with Crippen molar-refractivity contribution in [3.63, 3.8) is 0 Å². The van der Waals surface area contributed by atoms with Gasteiger partial charge in [-0.3, -0.25) is 14.4 Å². The Labute approximate surface area is 189 Å². The first-order chi connectivity index (χ1) is 14.8. The number of aliphatic hydroxyl groups is 1. The van der Waals surface area contributed by atoms with Crippen LogP contribution in [0.5, 0.6) is 0 Å². The van der Waals surface area contributed by atoms with Gasteiger partial charge in [-0.2, -0.15) is 0 Å². The second-order valence-corrected chi connectivity index (χ2v) is 11.8. The van der Waals surface area contributed by atoms with Gasteiger partial charge in [-0.1, -0.05) is 32.4 Å². The fraction of sp³-hybridized carbons (Fsp3) is 0.731. The Kier molecular flexibility index (Phi) is 3.98. The van der Waals surface area contributed by atoms with Gasteiger partial charge in [0.1, 0.15) is 11.9 Å². The Balaban J connectivity index is 1.85. The van der Waals surface area contributed by atoms with E-state index in [1.54, 1.807) is 13.8 Å². The molecule has 2 heterocycles. The summed E-state index contributed by atoms with van der Waals surface area (Å²) < 4.78 is 11.3. The topological polar surface area (TPSA) is 89.9 Å². The van der Waals surface area contributed by atoms with Gasteiger partial charge in [0.15, 0.2) is 11.2 Å². The molecule has 1 N–H and O–H groups in total. The second kappa shape index (κ2) is 5.87. The SMILES string of the molecule is COC(=O)[C@@]12C(=O)C(C)=C(O)[C@@]1(C)C(C)=C[C@@H]1[C@]34CC[C@H](OC3=O)C(C)(C)[C@@H]4CC[C@]12C. The van der Waals surface area contributed by atoms with Gasteiger partial charge in [-0.15, -0.1) is 0 Å². The fourth-order valence-corrected chi connectivity index (χ4v) is 9.13. The number of ether oxygens (including phenoxy) is 2. The van der Waals surface area contributed by atoms with Crippen LogP contribution in [-0.4, -0.2) is 36.0 Å². The van der Waals surface area contributed by atoms with Crippen molar-refractivity contribution >= 4 is 17.7 Å². The third kappa shape index (κ3) is 1.80. The van der Waals surface area contributed by atoms with Crippen LogP contribution >= 0.6 is 0 Å². The zero-order valence-corrected chi connectivity index (χ0v) is 20.1. The molecule has 6 rings (SSSR count). The maximum Gasteiger partial charge on any atom is 0.321 e. The summed E-state index contributed by atoms with van der Waals surface area (Å²) in [4.78, 5) is 41.3. The molecule has 0 aromatic rings. The van der Waals surface area contributed by atoms with Crippen LogP contribution < -0.4 is 0 Å². The summed E-state index contributed by atoms with van der Waals surface area (Å²) >= 11 is 0. The van der Waals surface area contributed by atoms with Crippen LogP contribution in [0.15, 0.2) is 23.0 Å². The van der Waals surface area contributed by atoms with Crippen molar-refractivity contribution in [3.8, 4) is 0 Å². The van der Waals surface area contributed by atoms with Crippen molar-refractivity contribution in [3.05, 3.63) is 23.0 Å². The smallest absolute Gasteiger partial charge is 0.321 e. The van der Waals surface area contributed by atoms with Crippen LogP contribution in [-0.2, 0) is 23.9 Å². The predicted octanol–water partition coefficient (Wildman–Crippen LogP) is 4.29. The first-order valence-electron chi connectivity index (χ1n) is 11.7. The summed E-state index contributed by atoms with van der Waals surface area (Å²) in [7, 11) is 1.30. The Morgan fingerprint density at radius 3 is 2.38 bits per heavy atom. The lowest BCUT2D eigenvalue weighted by atomic mass is 9.32. The van der Waals surface area contributed by atoms with Crippen LogP contribution in [0.4, 0.5) is 0 Å². The number of allylic oxidation sites excluding steroid dienone is 3. The molecule has 4 fully saturated rings. The first kappa shape index (κ1) is 21.7. The number of carbonyl (C=O) groups excluding carboxylic acids is 3. The first-order valence-corrected chi connectivity index (χ1v) is 11.7. The van der Waals surface area contributed by atoms with Crippen molar-refractivity contribution in [2.45, 2.75) is 73.3 Å². The minimum absolute atomic E-state index is 0.0591. The normalized spacial score (nSPS) is 48.5. The number of hydrogen-bond donors (Lipinski definition) is 1. The molecule has 2 bridgehead atoms. The van der Waals surface area contributed by atoms with Gasteiger partial charge < -0.3 is 14.6 Å². The summed E-state index contributed by atoms with van der Waals surface area (Å²) in [6.07, 6.45) is 4.77. The average molecular weight is 443 g/mol. The van der Waals surface area contributed by atoms with Crippen molar-refractivity contribution in [1.29, 1.82) is 0 Å². The quantitative estimate of drug-likeness (QED) is 0.370. The van der Waals surface area contributed by atoms with E-state index in [0.717, 1.165) is 18.4 Å². The van der Waals surface area contributed by atoms with Gasteiger partial charge in [0.25, 0.3) is 0 Å². The van der Waals surface area contributed by atoms with Crippen molar-refractivity contribution in [2.75, 3.05) is 7.11 Å². The Hall–Kier alpha value is -2.11. The van der Waals surface area contributed by atoms with Gasteiger partial charge in [0, 0.05) is 16.9 Å². The number of hydrogen-bond acceptors (Lipinski definition) is 6. The van der Waals surface area contributed by atoms with Gasteiger partial charge in [0.2, 0.25) is 0 Å². The molecule has 6 heteroatoms. The maximum atomic E-state index is 14.0. The van der Waals surface area contributed by atoms with E-state index in [1.807, 2.05) is 13.8 Å². The molecule has 2 saturated heterocycles. The Bertz CT molecular complexity index is 1030. The molecule has 0 aromatic carbocycles. The van der Waals surface area contributed by atoms with Crippen molar-refractivity contribution in [1.82, 2.24) is 0 Å². The number of rotatable bonds is 1. The van der Waals surface area contributed by atoms with Gasteiger partial charge in [0.05, 0.1) is 17.9 Å². The van der Waals surface area contributed by atoms with E-state index in [-0.39, 0.29) is 46.4 Å². The molecule has 32 heavy (non-hydrogen) atoms. The van der Waals surface area contributed by atoms with Crippen molar-refractivity contribution in [2.24, 2.45) is 38.9 Å². The van der Waals surface area contributed by atoms with Gasteiger partial charge in [-0.25, -0.2) is 0 Å². The van der Waals surface area contributed by atoms with E-state index < -0.39 is 27.6 Å². The summed E-state index contributed by atoms with van der Waals surface area (Å²) in [6, 6.07) is 0. The number of esters is 2. The molecule has 0 radical (unpaired) electrons. The number of methoxy groups -OCH3 is 1. The van der Waals surface area contributed by atoms with E-state index >= 15 is 0 Å². The van der Waals surface area contributed by atoms with Crippen LogP contribution in [0.3, 0.4) is 0 Å². The standard InChI is InChI=1S/C26H34O6/c1-13-12-16-23(5,26(21(30)31-7)19(28)14(2)18(27)24(13,26)6)10-8-15-22(3,4)17-9-11-25(15,16)20(29)32-17/h12,15-17,27H,8-11H2,1-7H3/t15-,16-,17-,23+,24+,25+,26+/m0/s1. The number of carbonyl (C=O) groups is 3.